The highest BCUT2D eigenvalue weighted by molar-refractivity contribution is 5.57. The van der Waals surface area contributed by atoms with Gasteiger partial charge in [-0.1, -0.05) is 6.07 Å². The van der Waals surface area contributed by atoms with Gasteiger partial charge in [-0.3, -0.25) is 0 Å². The van der Waals surface area contributed by atoms with Crippen LogP contribution in [0.3, 0.4) is 0 Å². The van der Waals surface area contributed by atoms with E-state index in [-0.39, 0.29) is 6.61 Å². The summed E-state index contributed by atoms with van der Waals surface area (Å²) in [4.78, 5) is 0. The fourth-order valence-corrected chi connectivity index (χ4v) is 2.05. The molecule has 14 heavy (non-hydrogen) atoms. The number of nitrogens with one attached hydrogen (secondary N) is 1. The van der Waals surface area contributed by atoms with Crippen LogP contribution in [0.5, 0.6) is 5.75 Å². The van der Waals surface area contributed by atoms with E-state index in [4.69, 9.17) is 5.11 Å². The van der Waals surface area contributed by atoms with Gasteiger partial charge in [0.15, 0.2) is 0 Å². The molecule has 0 saturated carbocycles. The van der Waals surface area contributed by atoms with Gasteiger partial charge in [-0.15, -0.1) is 0 Å². The number of aromatic hydroxyl groups is 1. The Bertz CT molecular complexity index is 325. The van der Waals surface area contributed by atoms with Gasteiger partial charge in [0.05, 0.1) is 0 Å². The Kier molecular flexibility index (Phi) is 2.59. The topological polar surface area (TPSA) is 52.5 Å². The number of hydrogen-bond acceptors (Lipinski definition) is 3. The fourth-order valence-electron chi connectivity index (χ4n) is 2.05. The number of fused-ring (bicyclic) bond motifs is 1. The zero-order valence-corrected chi connectivity index (χ0v) is 8.03. The Morgan fingerprint density at radius 1 is 1.43 bits per heavy atom. The predicted molar refractivity (Wildman–Crippen MR) is 55.7 cm³/mol. The van der Waals surface area contributed by atoms with E-state index >= 15 is 0 Å². The van der Waals surface area contributed by atoms with E-state index in [2.05, 4.69) is 5.32 Å². The zero-order chi connectivity index (χ0) is 9.97. The summed E-state index contributed by atoms with van der Waals surface area (Å²) in [5.74, 6) is 0.720. The molecule has 76 valence electrons. The van der Waals surface area contributed by atoms with Crippen molar-refractivity contribution >= 4 is 5.69 Å². The molecule has 1 heterocycles. The van der Waals surface area contributed by atoms with Crippen molar-refractivity contribution in [2.75, 3.05) is 18.5 Å². The monoisotopic (exact) mass is 193 g/mol. The van der Waals surface area contributed by atoms with Gasteiger partial charge < -0.3 is 15.5 Å². The van der Waals surface area contributed by atoms with E-state index in [0.717, 1.165) is 25.1 Å². The Hall–Kier alpha value is -1.22. The van der Waals surface area contributed by atoms with Gasteiger partial charge in [0.25, 0.3) is 0 Å². The van der Waals surface area contributed by atoms with Crippen LogP contribution in [0.15, 0.2) is 18.2 Å². The summed E-state index contributed by atoms with van der Waals surface area (Å²) in [6, 6.07) is 5.40. The third kappa shape index (κ3) is 1.68. The van der Waals surface area contributed by atoms with Crippen molar-refractivity contribution in [3.05, 3.63) is 23.8 Å². The molecular formula is C11H15NO2. The minimum absolute atomic E-state index is 0.227. The molecule has 1 atom stereocenters. The summed E-state index contributed by atoms with van der Waals surface area (Å²) in [5.41, 5.74) is 2.22. The minimum atomic E-state index is 0.227. The highest BCUT2D eigenvalue weighted by Gasteiger charge is 2.19. The van der Waals surface area contributed by atoms with Crippen molar-refractivity contribution in [3.8, 4) is 5.75 Å². The standard InChI is InChI=1S/C11H15NO2/c13-6-4-8-3-5-12-11-7-9(14)1-2-10(8)11/h1-2,7-8,12-14H,3-6H2. The van der Waals surface area contributed by atoms with Crippen LogP contribution in [0.1, 0.15) is 24.3 Å². The summed E-state index contributed by atoms with van der Waals surface area (Å²) in [6.45, 7) is 1.14. The lowest BCUT2D eigenvalue weighted by Gasteiger charge is -2.26. The lowest BCUT2D eigenvalue weighted by Crippen LogP contribution is -2.17. The normalized spacial score (nSPS) is 19.9. The highest BCUT2D eigenvalue weighted by atomic mass is 16.3. The Balaban J connectivity index is 2.30. The van der Waals surface area contributed by atoms with Gasteiger partial charge in [-0.05, 0) is 30.4 Å². The molecule has 2 rings (SSSR count). The molecule has 0 aliphatic carbocycles. The fraction of sp³-hybridized carbons (Fsp3) is 0.455. The van der Waals surface area contributed by atoms with Crippen molar-refractivity contribution in [1.82, 2.24) is 0 Å². The Morgan fingerprint density at radius 2 is 2.29 bits per heavy atom. The second kappa shape index (κ2) is 3.88. The first-order chi connectivity index (χ1) is 6.81. The zero-order valence-electron chi connectivity index (χ0n) is 8.03. The molecule has 0 saturated heterocycles. The maximum atomic E-state index is 9.32. The maximum Gasteiger partial charge on any atom is 0.117 e. The van der Waals surface area contributed by atoms with E-state index in [9.17, 15) is 5.11 Å². The largest absolute Gasteiger partial charge is 0.508 e. The quantitative estimate of drug-likeness (QED) is 0.669. The Labute approximate surface area is 83.4 Å². The average Bonchev–Trinajstić information content (AvgIpc) is 2.18. The summed E-state index contributed by atoms with van der Waals surface area (Å²) < 4.78 is 0. The van der Waals surface area contributed by atoms with Crippen LogP contribution in [0.4, 0.5) is 5.69 Å². The third-order valence-electron chi connectivity index (χ3n) is 2.76. The SMILES string of the molecule is OCCC1CCNc2cc(O)ccc21. The van der Waals surface area contributed by atoms with Crippen molar-refractivity contribution in [1.29, 1.82) is 0 Å². The first-order valence-corrected chi connectivity index (χ1v) is 4.99. The lowest BCUT2D eigenvalue weighted by atomic mass is 9.88. The smallest absolute Gasteiger partial charge is 0.117 e. The van der Waals surface area contributed by atoms with E-state index in [1.807, 2.05) is 6.07 Å². The molecule has 0 spiro atoms. The molecule has 3 nitrogen and oxygen atoms in total. The number of anilines is 1. The summed E-state index contributed by atoms with van der Waals surface area (Å²) >= 11 is 0. The van der Waals surface area contributed by atoms with Gasteiger partial charge in [0, 0.05) is 24.9 Å². The molecule has 1 aromatic carbocycles. The molecule has 0 aromatic heterocycles. The van der Waals surface area contributed by atoms with E-state index < -0.39 is 0 Å². The van der Waals surface area contributed by atoms with Gasteiger partial charge >= 0.3 is 0 Å². The molecule has 0 bridgehead atoms. The van der Waals surface area contributed by atoms with Crippen LogP contribution < -0.4 is 5.32 Å². The van der Waals surface area contributed by atoms with Crippen molar-refractivity contribution in [2.24, 2.45) is 0 Å². The number of phenols is 1. The minimum Gasteiger partial charge on any atom is -0.508 e. The van der Waals surface area contributed by atoms with Gasteiger partial charge in [0.2, 0.25) is 0 Å². The van der Waals surface area contributed by atoms with Crippen LogP contribution in [-0.4, -0.2) is 23.4 Å². The summed E-state index contributed by atoms with van der Waals surface area (Å²) in [6.07, 6.45) is 1.86. The second-order valence-corrected chi connectivity index (χ2v) is 3.70. The van der Waals surface area contributed by atoms with E-state index in [1.54, 1.807) is 12.1 Å². The van der Waals surface area contributed by atoms with Gasteiger partial charge in [0.1, 0.15) is 5.75 Å². The van der Waals surface area contributed by atoms with Crippen LogP contribution >= 0.6 is 0 Å². The molecule has 3 N–H and O–H groups in total. The number of hydrogen-bond donors (Lipinski definition) is 3. The third-order valence-corrected chi connectivity index (χ3v) is 2.76. The second-order valence-electron chi connectivity index (χ2n) is 3.70. The van der Waals surface area contributed by atoms with Crippen molar-refractivity contribution < 1.29 is 10.2 Å². The van der Waals surface area contributed by atoms with Gasteiger partial charge in [-0.25, -0.2) is 0 Å². The molecule has 0 radical (unpaired) electrons. The van der Waals surface area contributed by atoms with Crippen LogP contribution in [0, 0.1) is 0 Å². The highest BCUT2D eigenvalue weighted by Crippen LogP contribution is 2.35. The first kappa shape index (κ1) is 9.34. The van der Waals surface area contributed by atoms with E-state index in [0.29, 0.717) is 11.7 Å². The number of aliphatic hydroxyl groups excluding tert-OH is 1. The molecule has 0 amide bonds. The number of aliphatic hydroxyl groups is 1. The number of rotatable bonds is 2. The van der Waals surface area contributed by atoms with Crippen LogP contribution in [-0.2, 0) is 0 Å². The van der Waals surface area contributed by atoms with Crippen LogP contribution in [0.2, 0.25) is 0 Å². The number of benzene rings is 1. The molecular weight excluding hydrogens is 178 g/mol. The summed E-state index contributed by atoms with van der Waals surface area (Å²) in [7, 11) is 0. The molecule has 3 heteroatoms. The average molecular weight is 193 g/mol. The van der Waals surface area contributed by atoms with Crippen molar-refractivity contribution in [2.45, 2.75) is 18.8 Å². The van der Waals surface area contributed by atoms with Crippen molar-refractivity contribution in [3.63, 3.8) is 0 Å². The molecule has 1 unspecified atom stereocenters. The number of phenolic OH excluding ortho intramolecular Hbond substituents is 1. The molecule has 0 fully saturated rings. The van der Waals surface area contributed by atoms with E-state index in [1.165, 1.54) is 5.56 Å². The Morgan fingerprint density at radius 3 is 3.07 bits per heavy atom. The van der Waals surface area contributed by atoms with Crippen LogP contribution in [0.25, 0.3) is 0 Å². The summed E-state index contributed by atoms with van der Waals surface area (Å²) in [5, 5.41) is 21.5. The first-order valence-electron chi connectivity index (χ1n) is 4.99. The maximum absolute atomic E-state index is 9.32. The molecule has 1 aromatic rings. The predicted octanol–water partition coefficient (Wildman–Crippen LogP) is 1.67. The molecule has 1 aliphatic rings. The van der Waals surface area contributed by atoms with Gasteiger partial charge in [-0.2, -0.15) is 0 Å². The molecule has 1 aliphatic heterocycles. The lowest BCUT2D eigenvalue weighted by molar-refractivity contribution is 0.273.